The fourth-order valence-electron chi connectivity index (χ4n) is 4.26. The molecule has 0 bridgehead atoms. The number of nitrogens with two attached hydrogens (primary N) is 1. The van der Waals surface area contributed by atoms with E-state index < -0.39 is 40.7 Å². The molecule has 6 nitrogen and oxygen atoms in total. The van der Waals surface area contributed by atoms with Gasteiger partial charge in [-0.15, -0.1) is 0 Å². The first kappa shape index (κ1) is 21.8. The molecule has 1 heterocycles. The number of nitrogens with zero attached hydrogens (tertiary/aromatic N) is 1. The van der Waals surface area contributed by atoms with E-state index in [2.05, 4.69) is 9.71 Å². The van der Waals surface area contributed by atoms with Gasteiger partial charge in [-0.05, 0) is 53.8 Å². The molecule has 0 saturated heterocycles. The van der Waals surface area contributed by atoms with Crippen LogP contribution >= 0.6 is 0 Å². The summed E-state index contributed by atoms with van der Waals surface area (Å²) in [7, 11) is -4.03. The molecule has 4 rings (SSSR count). The van der Waals surface area contributed by atoms with E-state index in [4.69, 9.17) is 5.73 Å². The largest absolute Gasteiger partial charge is 0.417 e. The summed E-state index contributed by atoms with van der Waals surface area (Å²) >= 11 is 0. The molecule has 0 radical (unpaired) electrons. The fraction of sp³-hybridized carbons (Fsp3) is 0.381. The maximum absolute atomic E-state index is 12.8. The second-order valence-electron chi connectivity index (χ2n) is 8.21. The summed E-state index contributed by atoms with van der Waals surface area (Å²) in [5.74, 6) is 0.481. The van der Waals surface area contributed by atoms with E-state index >= 15 is 0 Å². The van der Waals surface area contributed by atoms with Crippen LogP contribution in [0.3, 0.4) is 0 Å². The van der Waals surface area contributed by atoms with Gasteiger partial charge < -0.3 is 10.8 Å². The van der Waals surface area contributed by atoms with Gasteiger partial charge in [0, 0.05) is 24.4 Å². The maximum Gasteiger partial charge on any atom is 0.417 e. The van der Waals surface area contributed by atoms with Gasteiger partial charge in [-0.3, -0.25) is 4.99 Å². The van der Waals surface area contributed by atoms with Crippen LogP contribution in [0.2, 0.25) is 0 Å². The van der Waals surface area contributed by atoms with Crippen molar-refractivity contribution in [3.8, 4) is 11.1 Å². The summed E-state index contributed by atoms with van der Waals surface area (Å²) in [6.45, 7) is 4.24. The summed E-state index contributed by atoms with van der Waals surface area (Å²) in [5.41, 5.74) is 8.48. The molecule has 1 saturated carbocycles. The first-order valence-electron chi connectivity index (χ1n) is 9.68. The van der Waals surface area contributed by atoms with Crippen LogP contribution in [0.15, 0.2) is 40.2 Å². The Balaban J connectivity index is 1.58. The highest BCUT2D eigenvalue weighted by molar-refractivity contribution is 7.89. The van der Waals surface area contributed by atoms with Crippen molar-refractivity contribution >= 4 is 15.9 Å². The molecule has 0 unspecified atom stereocenters. The molecule has 2 aromatic rings. The number of hydrogen-bond donors (Lipinski definition) is 3. The summed E-state index contributed by atoms with van der Waals surface area (Å²) in [4.78, 5) is 4.21. The van der Waals surface area contributed by atoms with Crippen LogP contribution in [0.25, 0.3) is 11.1 Å². The van der Waals surface area contributed by atoms with E-state index in [1.807, 2.05) is 19.1 Å². The molecule has 31 heavy (non-hydrogen) atoms. The predicted molar refractivity (Wildman–Crippen MR) is 110 cm³/mol. The molecule has 10 heteroatoms. The number of benzene rings is 2. The van der Waals surface area contributed by atoms with E-state index in [9.17, 15) is 26.7 Å². The maximum atomic E-state index is 12.8. The van der Waals surface area contributed by atoms with E-state index in [0.717, 1.165) is 27.8 Å². The second kappa shape index (κ2) is 7.04. The molecular formula is C21H22F3N3O3S. The number of sulfonamides is 1. The Hall–Kier alpha value is -2.43. The van der Waals surface area contributed by atoms with Gasteiger partial charge in [0.15, 0.2) is 5.60 Å². The zero-order valence-corrected chi connectivity index (χ0v) is 17.7. The number of aliphatic imine (C=N–C) groups is 1. The van der Waals surface area contributed by atoms with Gasteiger partial charge in [0.1, 0.15) is 5.84 Å². The Bertz CT molecular complexity index is 1200. The Morgan fingerprint density at radius 3 is 2.42 bits per heavy atom. The quantitative estimate of drug-likeness (QED) is 0.662. The number of fused-ring (bicyclic) bond motifs is 1. The van der Waals surface area contributed by atoms with Crippen LogP contribution in [0.4, 0.5) is 13.2 Å². The van der Waals surface area contributed by atoms with Crippen molar-refractivity contribution in [2.45, 2.75) is 55.9 Å². The number of hydrogen-bond acceptors (Lipinski definition) is 5. The minimum Gasteiger partial charge on any atom is -0.383 e. The molecule has 0 atom stereocenters. The zero-order valence-electron chi connectivity index (χ0n) is 16.9. The molecule has 2 aliphatic rings. The predicted octanol–water partition coefficient (Wildman–Crippen LogP) is 2.92. The summed E-state index contributed by atoms with van der Waals surface area (Å²) in [6, 6.07) is 7.50. The molecule has 166 valence electrons. The van der Waals surface area contributed by atoms with Crippen LogP contribution in [0.5, 0.6) is 0 Å². The van der Waals surface area contributed by atoms with Gasteiger partial charge in [-0.2, -0.15) is 13.2 Å². The van der Waals surface area contributed by atoms with Gasteiger partial charge in [-0.1, -0.05) is 18.2 Å². The lowest BCUT2D eigenvalue weighted by Crippen LogP contribution is -2.62. The lowest BCUT2D eigenvalue weighted by atomic mass is 9.76. The Morgan fingerprint density at radius 1 is 1.16 bits per heavy atom. The monoisotopic (exact) mass is 453 g/mol. The van der Waals surface area contributed by atoms with Crippen molar-refractivity contribution in [3.63, 3.8) is 0 Å². The number of alkyl halides is 3. The van der Waals surface area contributed by atoms with Crippen molar-refractivity contribution in [1.29, 1.82) is 0 Å². The molecular weight excluding hydrogens is 431 g/mol. The number of amidine groups is 1. The van der Waals surface area contributed by atoms with Crippen molar-refractivity contribution in [2.24, 2.45) is 10.7 Å². The van der Waals surface area contributed by atoms with Crippen LogP contribution in [-0.4, -0.2) is 37.2 Å². The third-order valence-electron chi connectivity index (χ3n) is 6.04. The first-order chi connectivity index (χ1) is 14.3. The first-order valence-corrected chi connectivity index (χ1v) is 11.2. The molecule has 4 N–H and O–H groups in total. The molecule has 0 amide bonds. The minimum atomic E-state index is -4.78. The van der Waals surface area contributed by atoms with Gasteiger partial charge in [0.05, 0.1) is 11.4 Å². The molecule has 1 aliphatic heterocycles. The Kier molecular flexibility index (Phi) is 4.95. The topological polar surface area (TPSA) is 105 Å². The Labute approximate surface area is 178 Å². The van der Waals surface area contributed by atoms with Crippen molar-refractivity contribution < 1.29 is 26.7 Å². The van der Waals surface area contributed by atoms with E-state index in [0.29, 0.717) is 17.9 Å². The van der Waals surface area contributed by atoms with Crippen LogP contribution in [0, 0.1) is 13.8 Å². The molecule has 0 spiro atoms. The normalized spacial score (nSPS) is 23.3. The van der Waals surface area contributed by atoms with Gasteiger partial charge in [-0.25, -0.2) is 13.1 Å². The third kappa shape index (κ3) is 3.62. The highest BCUT2D eigenvalue weighted by Crippen LogP contribution is 2.45. The summed E-state index contributed by atoms with van der Waals surface area (Å²) < 4.78 is 65.9. The van der Waals surface area contributed by atoms with Gasteiger partial charge in [0.2, 0.25) is 10.0 Å². The lowest BCUT2D eigenvalue weighted by molar-refractivity contribution is -0.290. The van der Waals surface area contributed by atoms with Crippen molar-refractivity contribution in [1.82, 2.24) is 4.72 Å². The molecule has 1 aliphatic carbocycles. The van der Waals surface area contributed by atoms with E-state index in [1.165, 1.54) is 12.1 Å². The number of nitrogens with one attached hydrogen (secondary N) is 1. The van der Waals surface area contributed by atoms with Crippen LogP contribution in [-0.2, 0) is 16.6 Å². The highest BCUT2D eigenvalue weighted by Gasteiger charge is 2.61. The fourth-order valence-corrected chi connectivity index (χ4v) is 5.58. The molecule has 1 fully saturated rings. The minimum absolute atomic E-state index is 0.0453. The average Bonchev–Trinajstić information content (AvgIpc) is 3.02. The lowest BCUT2D eigenvalue weighted by Gasteiger charge is -2.44. The van der Waals surface area contributed by atoms with Gasteiger partial charge >= 0.3 is 6.18 Å². The number of aryl methyl sites for hydroxylation is 1. The van der Waals surface area contributed by atoms with Crippen LogP contribution in [0.1, 0.15) is 35.1 Å². The molecule has 2 aromatic carbocycles. The van der Waals surface area contributed by atoms with Gasteiger partial charge in [0.25, 0.3) is 0 Å². The molecule has 0 aromatic heterocycles. The number of rotatable bonds is 4. The highest BCUT2D eigenvalue weighted by atomic mass is 32.2. The SMILES string of the molecule is Cc1cc(S(=O)(=O)NC2CC(O)(C(F)(F)F)C2)ccc1-c1ccc2c(c1C)C(N)=NC2. The summed E-state index contributed by atoms with van der Waals surface area (Å²) in [5, 5.41) is 9.53. The summed E-state index contributed by atoms with van der Waals surface area (Å²) in [6.07, 6.45) is -6.19. The Morgan fingerprint density at radius 2 is 1.81 bits per heavy atom. The zero-order chi connectivity index (χ0) is 22.8. The number of halogens is 3. The average molecular weight is 453 g/mol. The van der Waals surface area contributed by atoms with E-state index in [-0.39, 0.29) is 4.90 Å². The standard InChI is InChI=1S/C21H22F3N3O3S/c1-11-7-15(31(29,30)27-14-8-20(28,9-14)21(22,23)24)4-6-16(11)17-5-3-13-10-26-19(25)18(13)12(17)2/h3-7,14,27-28H,8-10H2,1-2H3,(H2,25,26). The number of aliphatic hydroxyl groups is 1. The van der Waals surface area contributed by atoms with Crippen molar-refractivity contribution in [2.75, 3.05) is 0 Å². The second-order valence-corrected chi connectivity index (χ2v) is 9.92. The van der Waals surface area contributed by atoms with Crippen molar-refractivity contribution in [3.05, 3.63) is 52.6 Å². The smallest absolute Gasteiger partial charge is 0.383 e. The van der Waals surface area contributed by atoms with E-state index in [1.54, 1.807) is 13.0 Å². The van der Waals surface area contributed by atoms with Crippen LogP contribution < -0.4 is 10.5 Å². The third-order valence-corrected chi connectivity index (χ3v) is 7.56.